The smallest absolute Gasteiger partial charge is 0.316 e. The van der Waals surface area contributed by atoms with E-state index in [0.717, 1.165) is 17.1 Å². The average Bonchev–Trinajstić information content (AvgIpc) is 3.24. The minimum atomic E-state index is -0.138. The molecule has 9 nitrogen and oxygen atoms in total. The Morgan fingerprint density at radius 1 is 1.30 bits per heavy atom. The van der Waals surface area contributed by atoms with Crippen LogP contribution in [0.3, 0.4) is 0 Å². The van der Waals surface area contributed by atoms with Crippen molar-refractivity contribution in [2.75, 3.05) is 39.0 Å². The van der Waals surface area contributed by atoms with Gasteiger partial charge in [0, 0.05) is 63.3 Å². The molecule has 0 aliphatic carbocycles. The minimum Gasteiger partial charge on any atom is -0.338 e. The molecule has 0 unspecified atom stereocenters. The van der Waals surface area contributed by atoms with E-state index in [1.807, 2.05) is 17.0 Å². The molecule has 2 aliphatic rings. The van der Waals surface area contributed by atoms with Gasteiger partial charge in [0.05, 0.1) is 12.1 Å². The maximum absolute atomic E-state index is 12.7. The van der Waals surface area contributed by atoms with E-state index in [1.165, 1.54) is 4.90 Å². The number of urea groups is 1. The monoisotopic (exact) mass is 405 g/mol. The van der Waals surface area contributed by atoms with Crippen molar-refractivity contribution in [2.24, 2.45) is 4.99 Å². The summed E-state index contributed by atoms with van der Waals surface area (Å²) in [7, 11) is 3.40. The SMILES string of the molecule is CN(C)C(=O)NCCc1ccc2c(n1)NC(=CC(=O)c1cccnc1)N1CCN=C21. The van der Waals surface area contributed by atoms with Crippen LogP contribution in [0, 0.1) is 0 Å². The number of aromatic nitrogens is 2. The number of hydrogen-bond acceptors (Lipinski definition) is 7. The fourth-order valence-electron chi connectivity index (χ4n) is 3.30. The summed E-state index contributed by atoms with van der Waals surface area (Å²) in [5.74, 6) is 1.99. The van der Waals surface area contributed by atoms with Crippen LogP contribution in [0.25, 0.3) is 0 Å². The quantitative estimate of drug-likeness (QED) is 0.577. The van der Waals surface area contributed by atoms with Crippen LogP contribution < -0.4 is 10.6 Å². The second kappa shape index (κ2) is 8.32. The van der Waals surface area contributed by atoms with E-state index in [-0.39, 0.29) is 11.8 Å². The Morgan fingerprint density at radius 3 is 2.93 bits per heavy atom. The van der Waals surface area contributed by atoms with Gasteiger partial charge >= 0.3 is 6.03 Å². The second-order valence-corrected chi connectivity index (χ2v) is 7.19. The van der Waals surface area contributed by atoms with Gasteiger partial charge in [0.1, 0.15) is 17.5 Å². The number of allylic oxidation sites excluding steroid dienone is 1. The maximum Gasteiger partial charge on any atom is 0.316 e. The highest BCUT2D eigenvalue weighted by Gasteiger charge is 2.30. The van der Waals surface area contributed by atoms with Crippen LogP contribution in [0.5, 0.6) is 0 Å². The number of nitrogens with zero attached hydrogens (tertiary/aromatic N) is 5. The molecule has 2 aromatic heterocycles. The number of carbonyl (C=O) groups is 2. The molecule has 4 rings (SSSR count). The highest BCUT2D eigenvalue weighted by molar-refractivity contribution is 6.09. The molecule has 4 heterocycles. The normalized spacial score (nSPS) is 15.7. The standard InChI is InChI=1S/C21H23N7O2/c1-27(2)21(30)24-9-7-15-5-6-16-19(25-15)26-18(28-11-10-23-20(16)28)12-17(29)14-4-3-8-22-13-14/h3-6,8,12-13H,7,9-11H2,1-2H3,(H,24,30)(H,25,26). The van der Waals surface area contributed by atoms with Crippen LogP contribution >= 0.6 is 0 Å². The molecule has 0 spiro atoms. The van der Waals surface area contributed by atoms with Crippen molar-refractivity contribution in [3.63, 3.8) is 0 Å². The Kier molecular flexibility index (Phi) is 5.42. The van der Waals surface area contributed by atoms with Gasteiger partial charge in [-0.3, -0.25) is 14.8 Å². The summed E-state index contributed by atoms with van der Waals surface area (Å²) >= 11 is 0. The Morgan fingerprint density at radius 2 is 2.17 bits per heavy atom. The number of hydrogen-bond donors (Lipinski definition) is 2. The molecule has 154 valence electrons. The molecular formula is C21H23N7O2. The number of amides is 2. The van der Waals surface area contributed by atoms with Gasteiger partial charge in [-0.1, -0.05) is 0 Å². The molecule has 0 radical (unpaired) electrons. The zero-order valence-corrected chi connectivity index (χ0v) is 16.9. The fourth-order valence-corrected chi connectivity index (χ4v) is 3.30. The van der Waals surface area contributed by atoms with Gasteiger partial charge in [0.15, 0.2) is 5.78 Å². The van der Waals surface area contributed by atoms with E-state index >= 15 is 0 Å². The molecule has 2 amide bonds. The third kappa shape index (κ3) is 4.00. The zero-order chi connectivity index (χ0) is 21.1. The van der Waals surface area contributed by atoms with Gasteiger partial charge in [-0.2, -0.15) is 0 Å². The summed E-state index contributed by atoms with van der Waals surface area (Å²) in [6.45, 7) is 1.84. The molecule has 2 N–H and O–H groups in total. The Hall–Kier alpha value is -3.75. The number of rotatable bonds is 5. The molecule has 0 aromatic carbocycles. The van der Waals surface area contributed by atoms with Crippen LogP contribution in [0.15, 0.2) is 53.5 Å². The first-order valence-electron chi connectivity index (χ1n) is 9.73. The second-order valence-electron chi connectivity index (χ2n) is 7.19. The number of ketones is 1. The largest absolute Gasteiger partial charge is 0.338 e. The van der Waals surface area contributed by atoms with Crippen molar-refractivity contribution < 1.29 is 9.59 Å². The minimum absolute atomic E-state index is 0.136. The third-order valence-electron chi connectivity index (χ3n) is 4.85. The number of pyridine rings is 2. The highest BCUT2D eigenvalue weighted by Crippen LogP contribution is 2.29. The van der Waals surface area contributed by atoms with E-state index in [4.69, 9.17) is 4.98 Å². The molecule has 0 fully saturated rings. The van der Waals surface area contributed by atoms with Gasteiger partial charge in [-0.05, 0) is 24.3 Å². The molecule has 0 bridgehead atoms. The number of amidine groups is 1. The Balaban J connectivity index is 1.55. The van der Waals surface area contributed by atoms with Gasteiger partial charge in [0.2, 0.25) is 0 Å². The van der Waals surface area contributed by atoms with Crippen molar-refractivity contribution >= 4 is 23.5 Å². The molecule has 2 aromatic rings. The van der Waals surface area contributed by atoms with Gasteiger partial charge in [-0.15, -0.1) is 0 Å². The summed E-state index contributed by atoms with van der Waals surface area (Å²) in [5, 5.41) is 6.12. The van der Waals surface area contributed by atoms with E-state index in [2.05, 4.69) is 20.6 Å². The third-order valence-corrected chi connectivity index (χ3v) is 4.85. The lowest BCUT2D eigenvalue weighted by Crippen LogP contribution is -2.37. The molecule has 9 heteroatoms. The van der Waals surface area contributed by atoms with Crippen LogP contribution in [-0.4, -0.2) is 71.1 Å². The first-order chi connectivity index (χ1) is 14.5. The number of nitrogens with one attached hydrogen (secondary N) is 2. The summed E-state index contributed by atoms with van der Waals surface area (Å²) in [6, 6.07) is 7.26. The van der Waals surface area contributed by atoms with Gasteiger partial charge in [0.25, 0.3) is 0 Å². The lowest BCUT2D eigenvalue weighted by atomic mass is 10.1. The predicted octanol–water partition coefficient (Wildman–Crippen LogP) is 1.50. The number of anilines is 1. The number of fused-ring (bicyclic) bond motifs is 3. The van der Waals surface area contributed by atoms with Crippen LogP contribution in [0.4, 0.5) is 10.6 Å². The molecule has 0 saturated carbocycles. The first kappa shape index (κ1) is 19.6. The lowest BCUT2D eigenvalue weighted by Gasteiger charge is -2.30. The number of aliphatic imine (C=N–C) groups is 1. The molecular weight excluding hydrogens is 382 g/mol. The van der Waals surface area contributed by atoms with Crippen LogP contribution in [-0.2, 0) is 6.42 Å². The molecule has 0 saturated heterocycles. The van der Waals surface area contributed by atoms with Crippen LogP contribution in [0.2, 0.25) is 0 Å². The molecule has 2 aliphatic heterocycles. The summed E-state index contributed by atoms with van der Waals surface area (Å²) < 4.78 is 0. The zero-order valence-electron chi connectivity index (χ0n) is 16.9. The summed E-state index contributed by atoms with van der Waals surface area (Å²) in [4.78, 5) is 41.1. The van der Waals surface area contributed by atoms with Crippen molar-refractivity contribution in [2.45, 2.75) is 6.42 Å². The Labute approximate surface area is 174 Å². The summed E-state index contributed by atoms with van der Waals surface area (Å²) in [6.07, 6.45) is 5.34. The van der Waals surface area contributed by atoms with E-state index in [0.29, 0.717) is 43.3 Å². The van der Waals surface area contributed by atoms with Gasteiger partial charge < -0.3 is 20.4 Å². The highest BCUT2D eigenvalue weighted by atomic mass is 16.2. The van der Waals surface area contributed by atoms with Crippen LogP contribution in [0.1, 0.15) is 21.6 Å². The fraction of sp³-hybridized carbons (Fsp3) is 0.286. The van der Waals surface area contributed by atoms with E-state index in [1.54, 1.807) is 44.7 Å². The van der Waals surface area contributed by atoms with Crippen molar-refractivity contribution in [1.82, 2.24) is 25.1 Å². The molecule has 30 heavy (non-hydrogen) atoms. The van der Waals surface area contributed by atoms with Crippen molar-refractivity contribution in [3.05, 3.63) is 65.4 Å². The summed E-state index contributed by atoms with van der Waals surface area (Å²) in [5.41, 5.74) is 2.26. The van der Waals surface area contributed by atoms with E-state index < -0.39 is 0 Å². The predicted molar refractivity (Wildman–Crippen MR) is 113 cm³/mol. The number of carbonyl (C=O) groups excluding carboxylic acids is 2. The Bertz CT molecular complexity index is 1030. The van der Waals surface area contributed by atoms with Gasteiger partial charge in [-0.25, -0.2) is 9.78 Å². The van der Waals surface area contributed by atoms with Crippen molar-refractivity contribution in [3.8, 4) is 0 Å². The van der Waals surface area contributed by atoms with Crippen molar-refractivity contribution in [1.29, 1.82) is 0 Å². The topological polar surface area (TPSA) is 103 Å². The first-order valence-corrected chi connectivity index (χ1v) is 9.73. The average molecular weight is 405 g/mol. The lowest BCUT2D eigenvalue weighted by molar-refractivity contribution is 0.104. The maximum atomic E-state index is 12.7. The van der Waals surface area contributed by atoms with E-state index in [9.17, 15) is 9.59 Å². The molecule has 0 atom stereocenters.